The zero-order valence-corrected chi connectivity index (χ0v) is 15.3. The van der Waals surface area contributed by atoms with Crippen LogP contribution in [0.4, 0.5) is 0 Å². The second-order valence-electron chi connectivity index (χ2n) is 5.98. The Balaban J connectivity index is 1.54. The lowest BCUT2D eigenvalue weighted by Gasteiger charge is -2.19. The van der Waals surface area contributed by atoms with Crippen LogP contribution in [0.1, 0.15) is 12.8 Å². The van der Waals surface area contributed by atoms with Gasteiger partial charge >= 0.3 is 0 Å². The van der Waals surface area contributed by atoms with Crippen molar-refractivity contribution in [3.8, 4) is 16.9 Å². The molecule has 0 radical (unpaired) electrons. The molecule has 0 aromatic heterocycles. The maximum Gasteiger partial charge on any atom is 0.119 e. The second-order valence-corrected chi connectivity index (χ2v) is 7.14. The molecule has 0 aliphatic carbocycles. The van der Waals surface area contributed by atoms with Crippen LogP contribution in [0.2, 0.25) is 0 Å². The molecule has 4 heteroatoms. The summed E-state index contributed by atoms with van der Waals surface area (Å²) in [5.41, 5.74) is 2.41. The maximum atomic E-state index is 10.1. The van der Waals surface area contributed by atoms with Crippen molar-refractivity contribution in [2.45, 2.75) is 18.9 Å². The number of benzene rings is 2. The van der Waals surface area contributed by atoms with Crippen molar-refractivity contribution in [3.05, 3.63) is 52.1 Å². The molecule has 122 valence electrons. The van der Waals surface area contributed by atoms with Gasteiger partial charge in [-0.15, -0.1) is 0 Å². The monoisotopic (exact) mass is 423 g/mol. The highest BCUT2D eigenvalue weighted by atomic mass is 127. The Morgan fingerprint density at radius 3 is 2.43 bits per heavy atom. The van der Waals surface area contributed by atoms with Crippen LogP contribution in [0.5, 0.6) is 5.75 Å². The molecule has 0 bridgehead atoms. The Morgan fingerprint density at radius 1 is 1.04 bits per heavy atom. The number of nitrogens with zero attached hydrogens (tertiary/aromatic N) is 1. The number of halogens is 1. The van der Waals surface area contributed by atoms with Crippen LogP contribution >= 0.6 is 22.6 Å². The second kappa shape index (κ2) is 8.13. The molecule has 1 atom stereocenters. The first-order valence-electron chi connectivity index (χ1n) is 8.10. The van der Waals surface area contributed by atoms with Crippen LogP contribution in [0, 0.1) is 3.57 Å². The molecular weight excluding hydrogens is 401 g/mol. The summed E-state index contributed by atoms with van der Waals surface area (Å²) < 4.78 is 6.96. The predicted octanol–water partition coefficient (Wildman–Crippen LogP) is 3.79. The largest absolute Gasteiger partial charge is 0.491 e. The van der Waals surface area contributed by atoms with E-state index in [-0.39, 0.29) is 0 Å². The van der Waals surface area contributed by atoms with Crippen LogP contribution in [-0.2, 0) is 0 Å². The number of rotatable bonds is 6. The molecule has 0 spiro atoms. The summed E-state index contributed by atoms with van der Waals surface area (Å²) in [6, 6.07) is 16.4. The molecule has 3 rings (SSSR count). The van der Waals surface area contributed by atoms with Gasteiger partial charge in [-0.2, -0.15) is 0 Å². The average molecular weight is 423 g/mol. The Morgan fingerprint density at radius 2 is 1.74 bits per heavy atom. The van der Waals surface area contributed by atoms with E-state index in [4.69, 9.17) is 4.74 Å². The topological polar surface area (TPSA) is 32.7 Å². The van der Waals surface area contributed by atoms with E-state index in [1.54, 1.807) is 0 Å². The Hall–Kier alpha value is -1.11. The summed E-state index contributed by atoms with van der Waals surface area (Å²) in [4.78, 5) is 2.30. The van der Waals surface area contributed by atoms with Crippen molar-refractivity contribution in [1.82, 2.24) is 4.90 Å². The van der Waals surface area contributed by atoms with Gasteiger partial charge in [-0.05, 0) is 77.8 Å². The van der Waals surface area contributed by atoms with Crippen LogP contribution in [0.3, 0.4) is 0 Å². The van der Waals surface area contributed by atoms with Gasteiger partial charge in [0, 0.05) is 10.1 Å². The van der Waals surface area contributed by atoms with E-state index >= 15 is 0 Å². The van der Waals surface area contributed by atoms with E-state index in [0.717, 1.165) is 18.8 Å². The summed E-state index contributed by atoms with van der Waals surface area (Å²) in [5, 5.41) is 10.1. The van der Waals surface area contributed by atoms with Gasteiger partial charge in [-0.25, -0.2) is 0 Å². The van der Waals surface area contributed by atoms with E-state index in [1.807, 2.05) is 18.2 Å². The molecule has 1 N–H and O–H groups in total. The van der Waals surface area contributed by atoms with Crippen LogP contribution < -0.4 is 4.74 Å². The molecule has 23 heavy (non-hydrogen) atoms. The molecule has 1 fully saturated rings. The minimum absolute atomic E-state index is 0.346. The fourth-order valence-corrected chi connectivity index (χ4v) is 3.63. The molecule has 1 heterocycles. The van der Waals surface area contributed by atoms with Crippen molar-refractivity contribution in [2.24, 2.45) is 0 Å². The van der Waals surface area contributed by atoms with Gasteiger partial charge in [0.05, 0.1) is 0 Å². The number of likely N-dealkylation sites (tertiary alicyclic amines) is 1. The Bertz CT molecular complexity index is 624. The summed E-state index contributed by atoms with van der Waals surface area (Å²) in [5.74, 6) is 0.806. The standard InChI is InChI=1S/C19H22INO2/c20-19-6-2-1-5-18(19)15-7-9-17(10-8-15)23-14-16(22)13-21-11-3-4-12-21/h1-2,5-10,16,22H,3-4,11-14H2. The molecule has 1 saturated heterocycles. The van der Waals surface area contributed by atoms with E-state index in [2.05, 4.69) is 57.8 Å². The summed E-state index contributed by atoms with van der Waals surface area (Å²) in [7, 11) is 0. The first-order chi connectivity index (χ1) is 11.2. The summed E-state index contributed by atoms with van der Waals surface area (Å²) in [6.45, 7) is 3.25. The number of hydrogen-bond acceptors (Lipinski definition) is 3. The lowest BCUT2D eigenvalue weighted by Crippen LogP contribution is -2.33. The van der Waals surface area contributed by atoms with Crippen LogP contribution in [0.25, 0.3) is 11.1 Å². The van der Waals surface area contributed by atoms with E-state index < -0.39 is 6.10 Å². The Kier molecular flexibility index (Phi) is 5.91. The number of aliphatic hydroxyl groups is 1. The highest BCUT2D eigenvalue weighted by Gasteiger charge is 2.16. The van der Waals surface area contributed by atoms with E-state index in [1.165, 1.54) is 27.5 Å². The third-order valence-electron chi connectivity index (χ3n) is 4.15. The van der Waals surface area contributed by atoms with Gasteiger partial charge in [0.15, 0.2) is 0 Å². The van der Waals surface area contributed by atoms with E-state index in [9.17, 15) is 5.11 Å². The molecule has 0 amide bonds. The van der Waals surface area contributed by atoms with Crippen LogP contribution in [-0.4, -0.2) is 42.4 Å². The van der Waals surface area contributed by atoms with Crippen molar-refractivity contribution < 1.29 is 9.84 Å². The molecule has 3 nitrogen and oxygen atoms in total. The third-order valence-corrected chi connectivity index (χ3v) is 5.09. The number of β-amino-alcohol motifs (C(OH)–C–C–N with tert-alkyl or cyclic N) is 1. The zero-order chi connectivity index (χ0) is 16.1. The molecule has 0 saturated carbocycles. The average Bonchev–Trinajstić information content (AvgIpc) is 3.07. The normalized spacial score (nSPS) is 16.4. The minimum atomic E-state index is -0.428. The number of ether oxygens (including phenoxy) is 1. The zero-order valence-electron chi connectivity index (χ0n) is 13.1. The van der Waals surface area contributed by atoms with Gasteiger partial charge < -0.3 is 14.7 Å². The molecule has 1 aliphatic heterocycles. The van der Waals surface area contributed by atoms with E-state index in [0.29, 0.717) is 13.2 Å². The molecule has 2 aromatic carbocycles. The quantitative estimate of drug-likeness (QED) is 0.718. The minimum Gasteiger partial charge on any atom is -0.491 e. The lowest BCUT2D eigenvalue weighted by atomic mass is 10.1. The molecule has 1 unspecified atom stereocenters. The fraction of sp³-hybridized carbons (Fsp3) is 0.368. The summed E-state index contributed by atoms with van der Waals surface area (Å²) in [6.07, 6.45) is 2.06. The van der Waals surface area contributed by atoms with Crippen molar-refractivity contribution in [3.63, 3.8) is 0 Å². The Labute approximate surface area is 151 Å². The third kappa shape index (κ3) is 4.68. The van der Waals surface area contributed by atoms with Gasteiger partial charge in [-0.1, -0.05) is 30.3 Å². The number of hydrogen-bond donors (Lipinski definition) is 1. The van der Waals surface area contributed by atoms with Gasteiger partial charge in [0.2, 0.25) is 0 Å². The summed E-state index contributed by atoms with van der Waals surface area (Å²) >= 11 is 2.35. The highest BCUT2D eigenvalue weighted by molar-refractivity contribution is 14.1. The molecule has 1 aliphatic rings. The highest BCUT2D eigenvalue weighted by Crippen LogP contribution is 2.26. The van der Waals surface area contributed by atoms with Gasteiger partial charge in [0.25, 0.3) is 0 Å². The smallest absolute Gasteiger partial charge is 0.119 e. The van der Waals surface area contributed by atoms with Crippen molar-refractivity contribution in [1.29, 1.82) is 0 Å². The first kappa shape index (κ1) is 16.7. The lowest BCUT2D eigenvalue weighted by molar-refractivity contribution is 0.0758. The van der Waals surface area contributed by atoms with Gasteiger partial charge in [0.1, 0.15) is 18.5 Å². The molecule has 2 aromatic rings. The predicted molar refractivity (Wildman–Crippen MR) is 102 cm³/mol. The number of aliphatic hydroxyl groups excluding tert-OH is 1. The SMILES string of the molecule is OC(COc1ccc(-c2ccccc2I)cc1)CN1CCCC1. The first-order valence-corrected chi connectivity index (χ1v) is 9.18. The van der Waals surface area contributed by atoms with Crippen LogP contribution in [0.15, 0.2) is 48.5 Å². The van der Waals surface area contributed by atoms with Gasteiger partial charge in [-0.3, -0.25) is 0 Å². The molecular formula is C19H22INO2. The fourth-order valence-electron chi connectivity index (χ4n) is 2.93. The van der Waals surface area contributed by atoms with Crippen molar-refractivity contribution in [2.75, 3.05) is 26.2 Å². The van der Waals surface area contributed by atoms with Crippen molar-refractivity contribution >= 4 is 22.6 Å². The maximum absolute atomic E-state index is 10.1.